The predicted molar refractivity (Wildman–Crippen MR) is 126 cm³/mol. The monoisotopic (exact) mass is 444 g/mol. The highest BCUT2D eigenvalue weighted by Crippen LogP contribution is 2.21. The fourth-order valence-electron chi connectivity index (χ4n) is 4.18. The van der Waals surface area contributed by atoms with E-state index >= 15 is 0 Å². The third kappa shape index (κ3) is 5.42. The van der Waals surface area contributed by atoms with Gasteiger partial charge in [0.1, 0.15) is 0 Å². The molecule has 1 saturated heterocycles. The molecular formula is C25H28N6O2. The quantitative estimate of drug-likeness (QED) is 0.488. The van der Waals surface area contributed by atoms with Crippen LogP contribution >= 0.6 is 0 Å². The van der Waals surface area contributed by atoms with Crippen LogP contribution in [0.4, 0.5) is 0 Å². The number of likely N-dealkylation sites (tertiary alicyclic amines) is 1. The van der Waals surface area contributed by atoms with Gasteiger partial charge < -0.3 is 16.8 Å². The number of primary amides is 1. The molecule has 170 valence electrons. The van der Waals surface area contributed by atoms with E-state index in [4.69, 9.17) is 11.5 Å². The van der Waals surface area contributed by atoms with Gasteiger partial charge in [0.25, 0.3) is 11.8 Å². The molecule has 1 aliphatic heterocycles. The summed E-state index contributed by atoms with van der Waals surface area (Å²) in [5.41, 5.74) is 14.3. The van der Waals surface area contributed by atoms with Gasteiger partial charge in [-0.1, -0.05) is 42.5 Å². The molecule has 1 unspecified atom stereocenters. The lowest BCUT2D eigenvalue weighted by Crippen LogP contribution is -2.39. The Morgan fingerprint density at radius 3 is 2.70 bits per heavy atom. The average Bonchev–Trinajstić information content (AvgIpc) is 3.29. The second-order valence-electron chi connectivity index (χ2n) is 8.16. The van der Waals surface area contributed by atoms with Crippen molar-refractivity contribution >= 4 is 11.8 Å². The maximum absolute atomic E-state index is 12.9. The molecule has 1 aliphatic rings. The molecule has 1 fully saturated rings. The summed E-state index contributed by atoms with van der Waals surface area (Å²) < 4.78 is 0. The molecule has 0 bridgehead atoms. The molecule has 2 amide bonds. The van der Waals surface area contributed by atoms with Crippen molar-refractivity contribution in [2.24, 2.45) is 11.5 Å². The molecule has 0 saturated carbocycles. The number of aromatic nitrogens is 2. The molecule has 2 heterocycles. The molecule has 1 atom stereocenters. The first-order valence-electron chi connectivity index (χ1n) is 11.1. The van der Waals surface area contributed by atoms with E-state index in [0.29, 0.717) is 35.1 Å². The highest BCUT2D eigenvalue weighted by atomic mass is 16.2. The van der Waals surface area contributed by atoms with Crippen LogP contribution in [0.1, 0.15) is 44.9 Å². The minimum absolute atomic E-state index is 0.0459. The lowest BCUT2D eigenvalue weighted by molar-refractivity contribution is 0.0938. The topological polar surface area (TPSA) is 127 Å². The van der Waals surface area contributed by atoms with Crippen LogP contribution in [0, 0.1) is 0 Å². The molecule has 0 radical (unpaired) electrons. The Balaban J connectivity index is 1.43. The number of hydrogen-bond acceptors (Lipinski definition) is 6. The van der Waals surface area contributed by atoms with Crippen LogP contribution in [0.25, 0.3) is 11.3 Å². The molecule has 3 aromatic rings. The molecule has 8 heteroatoms. The zero-order chi connectivity index (χ0) is 23.2. The summed E-state index contributed by atoms with van der Waals surface area (Å²) >= 11 is 0. The molecular weight excluding hydrogens is 416 g/mol. The van der Waals surface area contributed by atoms with Crippen molar-refractivity contribution in [1.29, 1.82) is 0 Å². The van der Waals surface area contributed by atoms with E-state index in [1.807, 2.05) is 12.1 Å². The van der Waals surface area contributed by atoms with Crippen LogP contribution in [-0.4, -0.2) is 45.8 Å². The number of nitrogens with one attached hydrogen (secondary N) is 1. The number of nitrogens with two attached hydrogens (primary N) is 2. The first kappa shape index (κ1) is 22.6. The average molecular weight is 445 g/mol. The van der Waals surface area contributed by atoms with Crippen molar-refractivity contribution in [1.82, 2.24) is 20.2 Å². The van der Waals surface area contributed by atoms with Crippen molar-refractivity contribution in [3.63, 3.8) is 0 Å². The highest BCUT2D eigenvalue weighted by Gasteiger charge is 2.25. The van der Waals surface area contributed by atoms with Gasteiger partial charge in [0.05, 0.1) is 17.6 Å². The predicted octanol–water partition coefficient (Wildman–Crippen LogP) is 2.10. The first-order valence-corrected chi connectivity index (χ1v) is 11.1. The number of nitrogens with zero attached hydrogens (tertiary/aromatic N) is 3. The largest absolute Gasteiger partial charge is 0.364 e. The van der Waals surface area contributed by atoms with Crippen LogP contribution in [0.2, 0.25) is 0 Å². The van der Waals surface area contributed by atoms with Crippen molar-refractivity contribution < 1.29 is 9.59 Å². The Labute approximate surface area is 193 Å². The van der Waals surface area contributed by atoms with E-state index in [1.54, 1.807) is 18.2 Å². The van der Waals surface area contributed by atoms with Crippen molar-refractivity contribution in [2.45, 2.75) is 32.0 Å². The number of benzene rings is 2. The smallest absolute Gasteiger partial charge is 0.269 e. The molecule has 1 aromatic heterocycles. The first-order chi connectivity index (χ1) is 16.0. The number of carbonyl (C=O) groups is 2. The van der Waals surface area contributed by atoms with Gasteiger partial charge in [-0.15, -0.1) is 0 Å². The fraction of sp³-hybridized carbons (Fsp3) is 0.280. The van der Waals surface area contributed by atoms with Gasteiger partial charge in [0.2, 0.25) is 0 Å². The second-order valence-corrected chi connectivity index (χ2v) is 8.16. The van der Waals surface area contributed by atoms with E-state index in [-0.39, 0.29) is 18.1 Å². The van der Waals surface area contributed by atoms with Crippen LogP contribution in [0.5, 0.6) is 0 Å². The Bertz CT molecular complexity index is 1130. The van der Waals surface area contributed by atoms with E-state index in [0.717, 1.165) is 25.9 Å². The Kier molecular flexibility index (Phi) is 7.07. The minimum atomic E-state index is -0.685. The lowest BCUT2D eigenvalue weighted by atomic mass is 10.1. The summed E-state index contributed by atoms with van der Waals surface area (Å²) in [4.78, 5) is 35.5. The van der Waals surface area contributed by atoms with E-state index in [9.17, 15) is 9.59 Å². The second kappa shape index (κ2) is 10.3. The third-order valence-electron chi connectivity index (χ3n) is 5.92. The van der Waals surface area contributed by atoms with Gasteiger partial charge >= 0.3 is 0 Å². The normalized spacial score (nSPS) is 16.0. The molecule has 4 rings (SSSR count). The zero-order valence-electron chi connectivity index (χ0n) is 18.4. The van der Waals surface area contributed by atoms with Gasteiger partial charge in [0, 0.05) is 36.8 Å². The summed E-state index contributed by atoms with van der Waals surface area (Å²) in [6.45, 7) is 2.57. The van der Waals surface area contributed by atoms with Crippen molar-refractivity contribution in [3.05, 3.63) is 83.3 Å². The van der Waals surface area contributed by atoms with Crippen LogP contribution in [-0.2, 0) is 13.1 Å². The van der Waals surface area contributed by atoms with Gasteiger partial charge in [-0.05, 0) is 37.1 Å². The Morgan fingerprint density at radius 2 is 1.94 bits per heavy atom. The summed E-state index contributed by atoms with van der Waals surface area (Å²) in [5.74, 6) is -0.833. The fourth-order valence-corrected chi connectivity index (χ4v) is 4.18. The molecule has 2 aromatic carbocycles. The maximum atomic E-state index is 12.9. The van der Waals surface area contributed by atoms with Gasteiger partial charge in [-0.25, -0.2) is 4.98 Å². The number of amides is 2. The Hall–Kier alpha value is -3.62. The number of rotatable bonds is 8. The third-order valence-corrected chi connectivity index (χ3v) is 5.92. The van der Waals surface area contributed by atoms with E-state index < -0.39 is 5.91 Å². The van der Waals surface area contributed by atoms with Gasteiger partial charge in [0.15, 0.2) is 5.69 Å². The zero-order valence-corrected chi connectivity index (χ0v) is 18.4. The van der Waals surface area contributed by atoms with Crippen molar-refractivity contribution in [2.75, 3.05) is 13.1 Å². The summed E-state index contributed by atoms with van der Waals surface area (Å²) in [7, 11) is 0. The number of hydrogen-bond donors (Lipinski definition) is 3. The maximum Gasteiger partial charge on any atom is 0.269 e. The van der Waals surface area contributed by atoms with Gasteiger partial charge in [-0.2, -0.15) is 0 Å². The SMILES string of the molecule is NCc1ncc(-c2cccc(C(=O)NCC3CCCN3Cc3ccccc3)c2)nc1C(N)=O. The van der Waals surface area contributed by atoms with E-state index in [2.05, 4.69) is 44.5 Å². The molecule has 0 spiro atoms. The van der Waals surface area contributed by atoms with Crippen molar-refractivity contribution in [3.8, 4) is 11.3 Å². The molecule has 8 nitrogen and oxygen atoms in total. The highest BCUT2D eigenvalue weighted by molar-refractivity contribution is 5.95. The summed E-state index contributed by atoms with van der Waals surface area (Å²) in [5, 5.41) is 3.08. The minimum Gasteiger partial charge on any atom is -0.364 e. The summed E-state index contributed by atoms with van der Waals surface area (Å²) in [6, 6.07) is 17.8. The Morgan fingerprint density at radius 1 is 1.12 bits per heavy atom. The summed E-state index contributed by atoms with van der Waals surface area (Å²) in [6.07, 6.45) is 3.72. The molecule has 5 N–H and O–H groups in total. The van der Waals surface area contributed by atoms with Crippen LogP contribution in [0.15, 0.2) is 60.8 Å². The molecule has 33 heavy (non-hydrogen) atoms. The van der Waals surface area contributed by atoms with Gasteiger partial charge in [-0.3, -0.25) is 19.5 Å². The van der Waals surface area contributed by atoms with Crippen LogP contribution < -0.4 is 16.8 Å². The van der Waals surface area contributed by atoms with E-state index in [1.165, 1.54) is 11.8 Å². The standard InChI is InChI=1S/C25H28N6O2/c26-13-21-23(24(27)32)30-22(15-28-21)18-8-4-9-19(12-18)25(33)29-14-20-10-5-11-31(20)16-17-6-2-1-3-7-17/h1-4,6-9,12,15,20H,5,10-11,13-14,16,26H2,(H2,27,32)(H,29,33). The van der Waals surface area contributed by atoms with Crippen LogP contribution in [0.3, 0.4) is 0 Å². The molecule has 0 aliphatic carbocycles. The lowest BCUT2D eigenvalue weighted by Gasteiger charge is -2.24. The number of carbonyl (C=O) groups excluding carboxylic acids is 2.